The molecule has 0 aliphatic carbocycles. The molecule has 1 heterocycles. The van der Waals surface area contributed by atoms with Gasteiger partial charge in [0, 0.05) is 19.6 Å². The highest BCUT2D eigenvalue weighted by Gasteiger charge is 2.11. The second-order valence-electron chi connectivity index (χ2n) is 5.50. The van der Waals surface area contributed by atoms with Crippen molar-refractivity contribution in [3.8, 4) is 5.75 Å². The van der Waals surface area contributed by atoms with Crippen LogP contribution in [0.15, 0.2) is 18.2 Å². The van der Waals surface area contributed by atoms with Gasteiger partial charge in [0.25, 0.3) is 0 Å². The summed E-state index contributed by atoms with van der Waals surface area (Å²) in [5.74, 6) is 1.54. The van der Waals surface area contributed by atoms with Gasteiger partial charge >= 0.3 is 0 Å². The van der Waals surface area contributed by atoms with Crippen LogP contribution in [0.4, 0.5) is 0 Å². The van der Waals surface area contributed by atoms with Gasteiger partial charge in [-0.1, -0.05) is 26.0 Å². The van der Waals surface area contributed by atoms with E-state index < -0.39 is 0 Å². The van der Waals surface area contributed by atoms with E-state index in [0.29, 0.717) is 5.92 Å². The Kier molecular flexibility index (Phi) is 5.23. The first-order chi connectivity index (χ1) is 9.16. The summed E-state index contributed by atoms with van der Waals surface area (Å²) in [6.07, 6.45) is 0. The molecule has 1 aromatic carbocycles. The Labute approximate surface area is 116 Å². The molecule has 19 heavy (non-hydrogen) atoms. The molecule has 0 saturated carbocycles. The highest BCUT2D eigenvalue weighted by Crippen LogP contribution is 2.27. The average Bonchev–Trinajstić information content (AvgIpc) is 2.39. The zero-order valence-electron chi connectivity index (χ0n) is 12.3. The van der Waals surface area contributed by atoms with Crippen LogP contribution in [0.1, 0.15) is 30.9 Å². The Bertz CT molecular complexity index is 398. The number of morpholine rings is 1. The zero-order valence-corrected chi connectivity index (χ0v) is 12.3. The lowest BCUT2D eigenvalue weighted by molar-refractivity contribution is 0.0322. The summed E-state index contributed by atoms with van der Waals surface area (Å²) in [4.78, 5) is 2.40. The molecule has 1 aliphatic heterocycles. The van der Waals surface area contributed by atoms with Crippen molar-refractivity contribution < 1.29 is 9.47 Å². The molecule has 0 radical (unpaired) electrons. The van der Waals surface area contributed by atoms with Crippen LogP contribution < -0.4 is 4.74 Å². The molecule has 0 aromatic heterocycles. The number of aryl methyl sites for hydroxylation is 1. The van der Waals surface area contributed by atoms with Crippen LogP contribution in [-0.4, -0.2) is 44.4 Å². The third kappa shape index (κ3) is 4.22. The van der Waals surface area contributed by atoms with Crippen molar-refractivity contribution in [1.29, 1.82) is 0 Å². The van der Waals surface area contributed by atoms with Gasteiger partial charge in [-0.05, 0) is 30.0 Å². The van der Waals surface area contributed by atoms with Gasteiger partial charge in [-0.3, -0.25) is 4.90 Å². The molecule has 0 bridgehead atoms. The van der Waals surface area contributed by atoms with E-state index in [-0.39, 0.29) is 0 Å². The molecule has 0 amide bonds. The number of hydrogen-bond acceptors (Lipinski definition) is 3. The maximum Gasteiger partial charge on any atom is 0.123 e. The zero-order chi connectivity index (χ0) is 13.7. The first-order valence-electron chi connectivity index (χ1n) is 7.20. The molecule has 0 spiro atoms. The maximum atomic E-state index is 6.00. The summed E-state index contributed by atoms with van der Waals surface area (Å²) >= 11 is 0. The summed E-state index contributed by atoms with van der Waals surface area (Å²) in [5.41, 5.74) is 2.55. The summed E-state index contributed by atoms with van der Waals surface area (Å²) in [6, 6.07) is 6.49. The lowest BCUT2D eigenvalue weighted by Gasteiger charge is -2.26. The maximum absolute atomic E-state index is 6.00. The van der Waals surface area contributed by atoms with E-state index in [1.807, 2.05) is 0 Å². The molecular weight excluding hydrogens is 238 g/mol. The van der Waals surface area contributed by atoms with Crippen molar-refractivity contribution >= 4 is 0 Å². The highest BCUT2D eigenvalue weighted by atomic mass is 16.5. The molecule has 2 rings (SSSR count). The van der Waals surface area contributed by atoms with E-state index in [1.54, 1.807) is 0 Å². The van der Waals surface area contributed by atoms with Gasteiger partial charge in [-0.2, -0.15) is 0 Å². The lowest BCUT2D eigenvalue weighted by atomic mass is 10.0. The van der Waals surface area contributed by atoms with Crippen LogP contribution in [-0.2, 0) is 4.74 Å². The van der Waals surface area contributed by atoms with Gasteiger partial charge in [-0.15, -0.1) is 0 Å². The summed E-state index contributed by atoms with van der Waals surface area (Å²) < 4.78 is 11.3. The Hall–Kier alpha value is -1.06. The third-order valence-electron chi connectivity index (χ3n) is 3.56. The van der Waals surface area contributed by atoms with Crippen molar-refractivity contribution in [2.75, 3.05) is 39.5 Å². The van der Waals surface area contributed by atoms with Crippen molar-refractivity contribution in [2.45, 2.75) is 26.7 Å². The first-order valence-corrected chi connectivity index (χ1v) is 7.20. The van der Waals surface area contributed by atoms with Crippen molar-refractivity contribution in [2.24, 2.45) is 0 Å². The smallest absolute Gasteiger partial charge is 0.123 e. The minimum absolute atomic E-state index is 0.499. The van der Waals surface area contributed by atoms with Crippen LogP contribution >= 0.6 is 0 Å². The summed E-state index contributed by atoms with van der Waals surface area (Å²) in [5, 5.41) is 0. The topological polar surface area (TPSA) is 21.7 Å². The third-order valence-corrected chi connectivity index (χ3v) is 3.56. The second kappa shape index (κ2) is 6.92. The van der Waals surface area contributed by atoms with E-state index in [1.165, 1.54) is 11.1 Å². The fourth-order valence-corrected chi connectivity index (χ4v) is 2.35. The van der Waals surface area contributed by atoms with Crippen molar-refractivity contribution in [3.63, 3.8) is 0 Å². The molecule has 1 aliphatic rings. The Morgan fingerprint density at radius 3 is 2.68 bits per heavy atom. The standard InChI is InChI=1S/C16H25NO2/c1-13(2)15-5-4-14(3)12-16(15)19-11-8-17-6-9-18-10-7-17/h4-5,12-13H,6-11H2,1-3H3. The first kappa shape index (κ1) is 14.4. The molecule has 0 N–H and O–H groups in total. The molecule has 1 aromatic rings. The largest absolute Gasteiger partial charge is 0.492 e. The van der Waals surface area contributed by atoms with Crippen molar-refractivity contribution in [3.05, 3.63) is 29.3 Å². The highest BCUT2D eigenvalue weighted by molar-refractivity contribution is 5.39. The fraction of sp³-hybridized carbons (Fsp3) is 0.625. The van der Waals surface area contributed by atoms with Crippen molar-refractivity contribution in [1.82, 2.24) is 4.90 Å². The molecule has 0 atom stereocenters. The molecule has 106 valence electrons. The SMILES string of the molecule is Cc1ccc(C(C)C)c(OCCN2CCOCC2)c1. The second-order valence-corrected chi connectivity index (χ2v) is 5.50. The van der Waals surface area contributed by atoms with Gasteiger partial charge in [0.1, 0.15) is 12.4 Å². The Morgan fingerprint density at radius 1 is 1.26 bits per heavy atom. The molecule has 1 fully saturated rings. The monoisotopic (exact) mass is 263 g/mol. The summed E-state index contributed by atoms with van der Waals surface area (Å²) in [6.45, 7) is 12.0. The van der Waals surface area contributed by atoms with Crippen LogP contribution in [0.25, 0.3) is 0 Å². The van der Waals surface area contributed by atoms with Gasteiger partial charge < -0.3 is 9.47 Å². The molecule has 1 saturated heterocycles. The fourth-order valence-electron chi connectivity index (χ4n) is 2.35. The molecule has 3 heteroatoms. The van der Waals surface area contributed by atoms with E-state index in [9.17, 15) is 0 Å². The van der Waals surface area contributed by atoms with E-state index in [0.717, 1.165) is 45.2 Å². The molecular formula is C16H25NO2. The van der Waals surface area contributed by atoms with Crippen LogP contribution in [0.2, 0.25) is 0 Å². The van der Waals surface area contributed by atoms with Crippen LogP contribution in [0, 0.1) is 6.92 Å². The molecule has 0 unspecified atom stereocenters. The Morgan fingerprint density at radius 2 is 2.00 bits per heavy atom. The Balaban J connectivity index is 1.89. The van der Waals surface area contributed by atoms with E-state index in [4.69, 9.17) is 9.47 Å². The van der Waals surface area contributed by atoms with Crippen LogP contribution in [0.3, 0.4) is 0 Å². The average molecular weight is 263 g/mol. The van der Waals surface area contributed by atoms with Gasteiger partial charge in [-0.25, -0.2) is 0 Å². The number of benzene rings is 1. The number of rotatable bonds is 5. The lowest BCUT2D eigenvalue weighted by Crippen LogP contribution is -2.38. The quantitative estimate of drug-likeness (QED) is 0.815. The van der Waals surface area contributed by atoms with Gasteiger partial charge in [0.15, 0.2) is 0 Å². The van der Waals surface area contributed by atoms with Crippen LogP contribution in [0.5, 0.6) is 5.75 Å². The van der Waals surface area contributed by atoms with Gasteiger partial charge in [0.2, 0.25) is 0 Å². The minimum Gasteiger partial charge on any atom is -0.492 e. The van der Waals surface area contributed by atoms with E-state index >= 15 is 0 Å². The summed E-state index contributed by atoms with van der Waals surface area (Å²) in [7, 11) is 0. The normalized spacial score (nSPS) is 16.8. The molecule has 3 nitrogen and oxygen atoms in total. The number of hydrogen-bond donors (Lipinski definition) is 0. The predicted octanol–water partition coefficient (Wildman–Crippen LogP) is 2.83. The number of ether oxygens (including phenoxy) is 2. The number of nitrogens with zero attached hydrogens (tertiary/aromatic N) is 1. The van der Waals surface area contributed by atoms with E-state index in [2.05, 4.69) is 43.9 Å². The van der Waals surface area contributed by atoms with Gasteiger partial charge in [0.05, 0.1) is 13.2 Å². The predicted molar refractivity (Wildman–Crippen MR) is 78.0 cm³/mol. The minimum atomic E-state index is 0.499.